The van der Waals surface area contributed by atoms with Gasteiger partial charge in [0, 0.05) is 58.4 Å². The molecule has 4 rings (SSSR count). The monoisotopic (exact) mass is 512 g/mol. The van der Waals surface area contributed by atoms with Gasteiger partial charge in [0.15, 0.2) is 11.6 Å². The molecule has 3 heterocycles. The zero-order chi connectivity index (χ0) is 19.3. The molecule has 2 N–H and O–H groups in total. The summed E-state index contributed by atoms with van der Waals surface area (Å²) >= 11 is 0. The smallest absolute Gasteiger partial charge is 0.234 e. The van der Waals surface area contributed by atoms with Gasteiger partial charge >= 0.3 is 0 Å². The van der Waals surface area contributed by atoms with E-state index in [1.807, 2.05) is 35.8 Å². The highest BCUT2D eigenvalue weighted by atomic mass is 127. The molecule has 29 heavy (non-hydrogen) atoms. The molecule has 1 aliphatic heterocycles. The first-order chi connectivity index (χ1) is 13.7. The van der Waals surface area contributed by atoms with E-state index in [1.165, 1.54) is 0 Å². The van der Waals surface area contributed by atoms with Gasteiger partial charge in [0.25, 0.3) is 0 Å². The predicted octanol–water partition coefficient (Wildman–Crippen LogP) is 0.361. The number of hydrogen-bond acceptors (Lipinski definition) is 5. The molecule has 2 aromatic heterocycles. The standard InChI is InChI=1S/C19H28N8O.HI/c1-20-19(21-8-7-17-24-23-16-4-2-3-9-27(16)17)26-12-10-25(11-13-26)14-18(28)22-15-5-6-15;/h2-4,9,15H,5-8,10-14H2,1H3,(H,20,21)(H,22,28);1H. The summed E-state index contributed by atoms with van der Waals surface area (Å²) in [6, 6.07) is 6.33. The van der Waals surface area contributed by atoms with Gasteiger partial charge in [-0.3, -0.25) is 19.1 Å². The summed E-state index contributed by atoms with van der Waals surface area (Å²) in [6.45, 7) is 4.71. The number of fused-ring (bicyclic) bond motifs is 1. The van der Waals surface area contributed by atoms with Crippen molar-refractivity contribution >= 4 is 41.5 Å². The fraction of sp³-hybridized carbons (Fsp3) is 0.579. The van der Waals surface area contributed by atoms with E-state index in [1.54, 1.807) is 0 Å². The Balaban J connectivity index is 0.00000240. The van der Waals surface area contributed by atoms with Gasteiger partial charge in [0.1, 0.15) is 5.82 Å². The van der Waals surface area contributed by atoms with Crippen molar-refractivity contribution in [2.45, 2.75) is 25.3 Å². The number of carbonyl (C=O) groups is 1. The molecule has 1 saturated carbocycles. The van der Waals surface area contributed by atoms with Crippen molar-refractivity contribution in [1.29, 1.82) is 0 Å². The van der Waals surface area contributed by atoms with E-state index in [9.17, 15) is 4.79 Å². The fourth-order valence-corrected chi connectivity index (χ4v) is 3.50. The van der Waals surface area contributed by atoms with E-state index in [0.717, 1.165) is 69.4 Å². The van der Waals surface area contributed by atoms with Crippen LogP contribution in [0, 0.1) is 0 Å². The summed E-state index contributed by atoms with van der Waals surface area (Å²) in [7, 11) is 1.81. The molecule has 2 aliphatic rings. The summed E-state index contributed by atoms with van der Waals surface area (Å²) < 4.78 is 2.01. The van der Waals surface area contributed by atoms with Gasteiger partial charge in [-0.15, -0.1) is 34.2 Å². The molecule has 9 nitrogen and oxygen atoms in total. The maximum absolute atomic E-state index is 12.0. The zero-order valence-corrected chi connectivity index (χ0v) is 19.1. The molecule has 158 valence electrons. The fourth-order valence-electron chi connectivity index (χ4n) is 3.50. The lowest BCUT2D eigenvalue weighted by molar-refractivity contribution is -0.122. The summed E-state index contributed by atoms with van der Waals surface area (Å²) in [5.74, 6) is 1.99. The normalized spacial score (nSPS) is 17.8. The summed E-state index contributed by atoms with van der Waals surface area (Å²) in [5.41, 5.74) is 0.865. The van der Waals surface area contributed by atoms with Gasteiger partial charge in [-0.25, -0.2) is 0 Å². The Morgan fingerprint density at radius 1 is 1.21 bits per heavy atom. The molecule has 0 spiro atoms. The molecule has 0 bridgehead atoms. The van der Waals surface area contributed by atoms with E-state index in [0.29, 0.717) is 12.6 Å². The Hall–Kier alpha value is -1.95. The second kappa shape index (κ2) is 10.2. The third kappa shape index (κ3) is 5.78. The van der Waals surface area contributed by atoms with Crippen LogP contribution in [-0.2, 0) is 11.2 Å². The van der Waals surface area contributed by atoms with Crippen molar-refractivity contribution in [3.8, 4) is 0 Å². The van der Waals surface area contributed by atoms with Gasteiger partial charge in [0.05, 0.1) is 6.54 Å². The topological polar surface area (TPSA) is 90.2 Å². The van der Waals surface area contributed by atoms with Crippen molar-refractivity contribution in [3.05, 3.63) is 30.2 Å². The Bertz CT molecular complexity index is 842. The number of amides is 1. The first-order valence-corrected chi connectivity index (χ1v) is 9.99. The van der Waals surface area contributed by atoms with Crippen LogP contribution in [0.15, 0.2) is 29.4 Å². The minimum atomic E-state index is 0. The zero-order valence-electron chi connectivity index (χ0n) is 16.8. The van der Waals surface area contributed by atoms with Crippen molar-refractivity contribution in [3.63, 3.8) is 0 Å². The number of nitrogens with zero attached hydrogens (tertiary/aromatic N) is 6. The van der Waals surface area contributed by atoms with Crippen molar-refractivity contribution < 1.29 is 4.79 Å². The van der Waals surface area contributed by atoms with Gasteiger partial charge in [-0.1, -0.05) is 6.07 Å². The molecule has 0 atom stereocenters. The summed E-state index contributed by atoms with van der Waals surface area (Å²) in [5, 5.41) is 14.9. The lowest BCUT2D eigenvalue weighted by Crippen LogP contribution is -2.54. The third-order valence-corrected chi connectivity index (χ3v) is 5.21. The van der Waals surface area contributed by atoms with Crippen LogP contribution in [0.5, 0.6) is 0 Å². The average molecular weight is 512 g/mol. The molecular formula is C19H29IN8O. The Morgan fingerprint density at radius 2 is 2.00 bits per heavy atom. The molecular weight excluding hydrogens is 483 g/mol. The number of piperazine rings is 1. The molecule has 0 radical (unpaired) electrons. The highest BCUT2D eigenvalue weighted by molar-refractivity contribution is 14.0. The molecule has 1 saturated heterocycles. The number of nitrogens with one attached hydrogen (secondary N) is 2. The van der Waals surface area contributed by atoms with E-state index in [2.05, 4.69) is 35.6 Å². The molecule has 10 heteroatoms. The Labute approximate surface area is 188 Å². The highest BCUT2D eigenvalue weighted by Crippen LogP contribution is 2.18. The van der Waals surface area contributed by atoms with Gasteiger partial charge < -0.3 is 15.5 Å². The lowest BCUT2D eigenvalue weighted by atomic mass is 10.3. The second-order valence-electron chi connectivity index (χ2n) is 7.37. The lowest BCUT2D eigenvalue weighted by Gasteiger charge is -2.36. The van der Waals surface area contributed by atoms with Crippen LogP contribution < -0.4 is 10.6 Å². The van der Waals surface area contributed by atoms with E-state index in [4.69, 9.17) is 0 Å². The number of aliphatic imine (C=N–C) groups is 1. The number of guanidine groups is 1. The van der Waals surface area contributed by atoms with Crippen LogP contribution in [0.1, 0.15) is 18.7 Å². The van der Waals surface area contributed by atoms with E-state index < -0.39 is 0 Å². The molecule has 1 amide bonds. The summed E-state index contributed by atoms with van der Waals surface area (Å²) in [6.07, 6.45) is 5.02. The largest absolute Gasteiger partial charge is 0.356 e. The van der Waals surface area contributed by atoms with Crippen molar-refractivity contribution in [2.24, 2.45) is 4.99 Å². The van der Waals surface area contributed by atoms with Crippen LogP contribution in [0.25, 0.3) is 5.65 Å². The van der Waals surface area contributed by atoms with Crippen molar-refractivity contribution in [1.82, 2.24) is 35.0 Å². The number of rotatable bonds is 6. The van der Waals surface area contributed by atoms with Crippen LogP contribution >= 0.6 is 24.0 Å². The SMILES string of the molecule is CN=C(NCCc1nnc2ccccn12)N1CCN(CC(=O)NC2CC2)CC1.I. The van der Waals surface area contributed by atoms with Crippen LogP contribution in [0.4, 0.5) is 0 Å². The molecule has 1 aliphatic carbocycles. The minimum Gasteiger partial charge on any atom is -0.356 e. The minimum absolute atomic E-state index is 0. The maximum atomic E-state index is 12.0. The maximum Gasteiger partial charge on any atom is 0.234 e. The highest BCUT2D eigenvalue weighted by Gasteiger charge is 2.25. The Morgan fingerprint density at radius 3 is 2.72 bits per heavy atom. The van der Waals surface area contributed by atoms with Crippen molar-refractivity contribution in [2.75, 3.05) is 46.3 Å². The number of carbonyl (C=O) groups excluding carboxylic acids is 1. The number of pyridine rings is 1. The molecule has 0 unspecified atom stereocenters. The molecule has 2 fully saturated rings. The number of hydrogen-bond donors (Lipinski definition) is 2. The quantitative estimate of drug-likeness (QED) is 0.330. The average Bonchev–Trinajstić information content (AvgIpc) is 3.43. The van der Waals surface area contributed by atoms with Crippen LogP contribution in [-0.4, -0.2) is 88.6 Å². The van der Waals surface area contributed by atoms with E-state index >= 15 is 0 Å². The predicted molar refractivity (Wildman–Crippen MR) is 123 cm³/mol. The first kappa shape index (κ1) is 21.8. The molecule has 2 aromatic rings. The van der Waals surface area contributed by atoms with Crippen LogP contribution in [0.3, 0.4) is 0 Å². The summed E-state index contributed by atoms with van der Waals surface area (Å²) in [4.78, 5) is 20.8. The van der Waals surface area contributed by atoms with Gasteiger partial charge in [-0.2, -0.15) is 0 Å². The van der Waals surface area contributed by atoms with Gasteiger partial charge in [0.2, 0.25) is 5.91 Å². The Kier molecular flexibility index (Phi) is 7.64. The van der Waals surface area contributed by atoms with Gasteiger partial charge in [-0.05, 0) is 25.0 Å². The van der Waals surface area contributed by atoms with E-state index in [-0.39, 0.29) is 29.9 Å². The first-order valence-electron chi connectivity index (χ1n) is 9.99. The third-order valence-electron chi connectivity index (χ3n) is 5.21. The molecule has 0 aromatic carbocycles. The second-order valence-corrected chi connectivity index (χ2v) is 7.37. The van der Waals surface area contributed by atoms with Crippen LogP contribution in [0.2, 0.25) is 0 Å². The number of halogens is 1. The number of aromatic nitrogens is 3.